The van der Waals surface area contributed by atoms with Crippen molar-refractivity contribution in [3.8, 4) is 0 Å². The third-order valence-corrected chi connectivity index (χ3v) is 12.9. The SMILES string of the molecule is CCCCC/C=C\C/C=C\C/C=C\CCCCCCC(CC(=O)NC(CO)C(O)CCCCCCCCCCCCCCCC)OC(=O)CCCCCCCCC/C=C\CCCCCC. The van der Waals surface area contributed by atoms with Crippen LogP contribution in [-0.2, 0) is 14.3 Å². The van der Waals surface area contributed by atoms with Crippen LogP contribution in [-0.4, -0.2) is 46.9 Å². The summed E-state index contributed by atoms with van der Waals surface area (Å²) in [5, 5.41) is 23.9. The van der Waals surface area contributed by atoms with E-state index in [-0.39, 0.29) is 24.9 Å². The molecule has 6 nitrogen and oxygen atoms in total. The molecular formula is C59H109NO5. The van der Waals surface area contributed by atoms with E-state index in [1.54, 1.807) is 0 Å². The lowest BCUT2D eigenvalue weighted by atomic mass is 10.0. The van der Waals surface area contributed by atoms with Crippen molar-refractivity contribution in [2.24, 2.45) is 0 Å². The van der Waals surface area contributed by atoms with Crippen LogP contribution >= 0.6 is 0 Å². The fraction of sp³-hybridized carbons (Fsp3) is 0.831. The van der Waals surface area contributed by atoms with Gasteiger partial charge in [0.05, 0.1) is 25.2 Å². The Morgan fingerprint density at radius 2 is 0.785 bits per heavy atom. The molecule has 0 bridgehead atoms. The minimum Gasteiger partial charge on any atom is -0.462 e. The van der Waals surface area contributed by atoms with Gasteiger partial charge in [-0.25, -0.2) is 0 Å². The Hall–Kier alpha value is -2.18. The van der Waals surface area contributed by atoms with E-state index in [9.17, 15) is 19.8 Å². The zero-order valence-electron chi connectivity index (χ0n) is 43.4. The molecule has 6 heteroatoms. The highest BCUT2D eigenvalue weighted by Gasteiger charge is 2.24. The summed E-state index contributed by atoms with van der Waals surface area (Å²) in [4.78, 5) is 26.2. The molecule has 0 aromatic carbocycles. The molecule has 0 aromatic rings. The van der Waals surface area contributed by atoms with Crippen LogP contribution in [0.25, 0.3) is 0 Å². The summed E-state index contributed by atoms with van der Waals surface area (Å²) in [6, 6.07) is -0.710. The van der Waals surface area contributed by atoms with Gasteiger partial charge in [-0.3, -0.25) is 9.59 Å². The molecule has 0 spiro atoms. The molecule has 0 radical (unpaired) electrons. The van der Waals surface area contributed by atoms with Crippen molar-refractivity contribution in [3.05, 3.63) is 48.6 Å². The van der Waals surface area contributed by atoms with Crippen LogP contribution in [0.3, 0.4) is 0 Å². The molecule has 0 aliphatic rings. The predicted molar refractivity (Wildman–Crippen MR) is 282 cm³/mol. The number of ether oxygens (including phenoxy) is 1. The summed E-state index contributed by atoms with van der Waals surface area (Å²) in [5.74, 6) is -0.491. The smallest absolute Gasteiger partial charge is 0.306 e. The van der Waals surface area contributed by atoms with Gasteiger partial charge in [0.25, 0.3) is 0 Å². The summed E-state index contributed by atoms with van der Waals surface area (Å²) in [6.45, 7) is 6.46. The number of hydrogen-bond acceptors (Lipinski definition) is 5. The number of allylic oxidation sites excluding steroid dienone is 8. The van der Waals surface area contributed by atoms with Crippen molar-refractivity contribution in [3.63, 3.8) is 0 Å². The number of aliphatic hydroxyl groups is 2. The molecule has 0 saturated carbocycles. The second-order valence-corrected chi connectivity index (χ2v) is 19.3. The average molecular weight is 913 g/mol. The zero-order valence-corrected chi connectivity index (χ0v) is 43.4. The molecule has 0 aliphatic carbocycles. The third kappa shape index (κ3) is 48.1. The van der Waals surface area contributed by atoms with Crippen molar-refractivity contribution in [2.45, 2.75) is 309 Å². The van der Waals surface area contributed by atoms with Crippen LogP contribution in [0.15, 0.2) is 48.6 Å². The minimum atomic E-state index is -0.795. The summed E-state index contributed by atoms with van der Waals surface area (Å²) < 4.78 is 5.95. The van der Waals surface area contributed by atoms with Gasteiger partial charge in [0, 0.05) is 6.42 Å². The first-order chi connectivity index (χ1) is 32.0. The molecule has 3 unspecified atom stereocenters. The van der Waals surface area contributed by atoms with Gasteiger partial charge in [-0.15, -0.1) is 0 Å². The maximum absolute atomic E-state index is 13.3. The molecule has 0 heterocycles. The molecule has 1 amide bonds. The number of carbonyl (C=O) groups is 2. The van der Waals surface area contributed by atoms with Gasteiger partial charge in [0.1, 0.15) is 6.10 Å². The van der Waals surface area contributed by atoms with E-state index < -0.39 is 18.2 Å². The molecule has 0 fully saturated rings. The summed E-state index contributed by atoms with van der Waals surface area (Å²) >= 11 is 0. The van der Waals surface area contributed by atoms with Crippen LogP contribution in [0.1, 0.15) is 290 Å². The first-order valence-electron chi connectivity index (χ1n) is 28.4. The molecule has 3 N–H and O–H groups in total. The number of nitrogens with one attached hydrogen (secondary N) is 1. The number of unbranched alkanes of at least 4 members (excludes halogenated alkanes) is 31. The Kier molecular flexibility index (Phi) is 51.0. The average Bonchev–Trinajstić information content (AvgIpc) is 3.30. The lowest BCUT2D eigenvalue weighted by Crippen LogP contribution is -2.46. The third-order valence-electron chi connectivity index (χ3n) is 12.9. The van der Waals surface area contributed by atoms with E-state index in [4.69, 9.17) is 4.74 Å². The normalized spacial score (nSPS) is 13.5. The van der Waals surface area contributed by atoms with E-state index in [2.05, 4.69) is 74.7 Å². The first kappa shape index (κ1) is 62.8. The fourth-order valence-corrected chi connectivity index (χ4v) is 8.55. The molecule has 0 aliphatic heterocycles. The lowest BCUT2D eigenvalue weighted by molar-refractivity contribution is -0.151. The number of esters is 1. The first-order valence-corrected chi connectivity index (χ1v) is 28.4. The van der Waals surface area contributed by atoms with E-state index in [1.165, 1.54) is 161 Å². The van der Waals surface area contributed by atoms with Gasteiger partial charge in [0.2, 0.25) is 5.91 Å². The van der Waals surface area contributed by atoms with Crippen LogP contribution in [0.5, 0.6) is 0 Å². The molecular weight excluding hydrogens is 803 g/mol. The monoisotopic (exact) mass is 912 g/mol. The fourth-order valence-electron chi connectivity index (χ4n) is 8.55. The maximum atomic E-state index is 13.3. The van der Waals surface area contributed by atoms with E-state index >= 15 is 0 Å². The Labute approximate surface area is 404 Å². The highest BCUT2D eigenvalue weighted by molar-refractivity contribution is 5.77. The van der Waals surface area contributed by atoms with Gasteiger partial charge in [-0.1, -0.05) is 236 Å². The van der Waals surface area contributed by atoms with Crippen molar-refractivity contribution in [1.82, 2.24) is 5.32 Å². The Morgan fingerprint density at radius 1 is 0.446 bits per heavy atom. The van der Waals surface area contributed by atoms with Gasteiger partial charge < -0.3 is 20.3 Å². The summed E-state index contributed by atoms with van der Waals surface area (Å²) in [6.07, 6.45) is 64.5. The van der Waals surface area contributed by atoms with Crippen molar-refractivity contribution >= 4 is 11.9 Å². The Bertz CT molecular complexity index is 1110. The highest BCUT2D eigenvalue weighted by atomic mass is 16.5. The second-order valence-electron chi connectivity index (χ2n) is 19.3. The van der Waals surface area contributed by atoms with Crippen LogP contribution < -0.4 is 5.32 Å². The number of aliphatic hydroxyl groups excluding tert-OH is 2. The van der Waals surface area contributed by atoms with Gasteiger partial charge in [-0.2, -0.15) is 0 Å². The molecule has 0 aromatic heterocycles. The van der Waals surface area contributed by atoms with E-state index in [1.807, 2.05) is 0 Å². The number of rotatable bonds is 51. The number of hydrogen-bond donors (Lipinski definition) is 3. The van der Waals surface area contributed by atoms with Crippen LogP contribution in [0.4, 0.5) is 0 Å². The van der Waals surface area contributed by atoms with Crippen molar-refractivity contribution < 1.29 is 24.5 Å². The number of carbonyl (C=O) groups excluding carboxylic acids is 2. The minimum absolute atomic E-state index is 0.0623. The molecule has 0 saturated heterocycles. The lowest BCUT2D eigenvalue weighted by Gasteiger charge is -2.24. The standard InChI is InChI=1S/C59H109NO5/c1-4-7-10-13-16-19-22-25-28-29-31-32-35-38-41-44-47-50-55(65-59(64)52-49-46-43-40-37-34-30-26-23-20-17-14-11-8-5-2)53-58(63)60-56(54-61)57(62)51-48-45-42-39-36-33-27-24-21-18-15-12-9-6-3/h16,19-20,23,25,28,31-32,55-57,61-62H,4-15,17-18,21-22,24,26-27,29-30,33-54H2,1-3H3,(H,60,63)/b19-16-,23-20-,28-25-,32-31-. The number of amides is 1. The van der Waals surface area contributed by atoms with Crippen LogP contribution in [0, 0.1) is 0 Å². The maximum Gasteiger partial charge on any atom is 0.306 e. The largest absolute Gasteiger partial charge is 0.462 e. The predicted octanol–water partition coefficient (Wildman–Crippen LogP) is 17.4. The Morgan fingerprint density at radius 3 is 1.25 bits per heavy atom. The van der Waals surface area contributed by atoms with Crippen molar-refractivity contribution in [1.29, 1.82) is 0 Å². The van der Waals surface area contributed by atoms with Gasteiger partial charge >= 0.3 is 5.97 Å². The molecule has 380 valence electrons. The van der Waals surface area contributed by atoms with Crippen LogP contribution in [0.2, 0.25) is 0 Å². The quantitative estimate of drug-likeness (QED) is 0.0321. The Balaban J connectivity index is 4.62. The second kappa shape index (κ2) is 52.8. The summed E-state index contributed by atoms with van der Waals surface area (Å²) in [5.41, 5.74) is 0. The zero-order chi connectivity index (χ0) is 47.4. The van der Waals surface area contributed by atoms with Gasteiger partial charge in [-0.05, 0) is 89.9 Å². The van der Waals surface area contributed by atoms with E-state index in [0.29, 0.717) is 19.3 Å². The summed E-state index contributed by atoms with van der Waals surface area (Å²) in [7, 11) is 0. The molecule has 0 rings (SSSR count). The van der Waals surface area contributed by atoms with E-state index in [0.717, 1.165) is 83.5 Å². The highest BCUT2D eigenvalue weighted by Crippen LogP contribution is 2.18. The van der Waals surface area contributed by atoms with Crippen molar-refractivity contribution in [2.75, 3.05) is 6.61 Å². The van der Waals surface area contributed by atoms with Gasteiger partial charge in [0.15, 0.2) is 0 Å². The molecule has 3 atom stereocenters. The molecule has 65 heavy (non-hydrogen) atoms. The topological polar surface area (TPSA) is 95.9 Å².